The van der Waals surface area contributed by atoms with Crippen molar-refractivity contribution in [1.29, 1.82) is 0 Å². The van der Waals surface area contributed by atoms with Crippen molar-refractivity contribution in [1.82, 2.24) is 9.80 Å². The summed E-state index contributed by atoms with van der Waals surface area (Å²) in [5.41, 5.74) is 1.12. The van der Waals surface area contributed by atoms with Gasteiger partial charge in [0.15, 0.2) is 0 Å². The van der Waals surface area contributed by atoms with Crippen LogP contribution in [0.15, 0.2) is 0 Å². The van der Waals surface area contributed by atoms with Crippen molar-refractivity contribution in [2.75, 3.05) is 40.3 Å². The van der Waals surface area contributed by atoms with E-state index in [1.807, 2.05) is 0 Å². The average Bonchev–Trinajstić information content (AvgIpc) is 2.38. The van der Waals surface area contributed by atoms with Crippen molar-refractivity contribution in [3.8, 4) is 0 Å². The van der Waals surface area contributed by atoms with Gasteiger partial charge in [-0.1, -0.05) is 20.8 Å². The van der Waals surface area contributed by atoms with Crippen LogP contribution in [0.5, 0.6) is 0 Å². The van der Waals surface area contributed by atoms with Crippen LogP contribution in [-0.2, 0) is 0 Å². The Hall–Kier alpha value is -0.0800. The Labute approximate surface area is 107 Å². The van der Waals surface area contributed by atoms with Gasteiger partial charge in [0.25, 0.3) is 0 Å². The first kappa shape index (κ1) is 13.4. The van der Waals surface area contributed by atoms with E-state index in [1.165, 1.54) is 45.4 Å². The average molecular weight is 238 g/mol. The molecule has 1 saturated heterocycles. The van der Waals surface area contributed by atoms with Crippen LogP contribution in [-0.4, -0.2) is 50.1 Å². The number of fused-ring (bicyclic) bond motifs is 2. The first-order valence-electron chi connectivity index (χ1n) is 7.22. The molecule has 0 amide bonds. The Balaban J connectivity index is 1.90. The van der Waals surface area contributed by atoms with E-state index in [1.54, 1.807) is 0 Å². The molecule has 0 aromatic heterocycles. The summed E-state index contributed by atoms with van der Waals surface area (Å²) in [7, 11) is 4.34. The summed E-state index contributed by atoms with van der Waals surface area (Å²) < 4.78 is 0. The third-order valence-corrected chi connectivity index (χ3v) is 5.75. The van der Waals surface area contributed by atoms with Crippen LogP contribution in [0.3, 0.4) is 0 Å². The Morgan fingerprint density at radius 1 is 1.24 bits per heavy atom. The van der Waals surface area contributed by atoms with Crippen LogP contribution in [0.2, 0.25) is 0 Å². The molecule has 2 rings (SSSR count). The van der Waals surface area contributed by atoms with Crippen LogP contribution in [0, 0.1) is 16.7 Å². The standard InChI is InChI=1S/C15H30N2/c1-14(2)13-7-8-15(14,3)12-17(11-13)10-6-9-16(4)5/h13H,6-12H2,1-5H3/t13-,15+/m1/s1. The van der Waals surface area contributed by atoms with Gasteiger partial charge in [0.2, 0.25) is 0 Å². The third-order valence-electron chi connectivity index (χ3n) is 5.75. The van der Waals surface area contributed by atoms with Crippen LogP contribution in [0.4, 0.5) is 0 Å². The smallest absolute Gasteiger partial charge is 0.00407 e. The summed E-state index contributed by atoms with van der Waals surface area (Å²) in [5.74, 6) is 0.931. The van der Waals surface area contributed by atoms with Crippen molar-refractivity contribution in [3.63, 3.8) is 0 Å². The van der Waals surface area contributed by atoms with Crippen molar-refractivity contribution in [2.24, 2.45) is 16.7 Å². The topological polar surface area (TPSA) is 6.48 Å². The van der Waals surface area contributed by atoms with Gasteiger partial charge in [-0.15, -0.1) is 0 Å². The summed E-state index contributed by atoms with van der Waals surface area (Å²) in [6.45, 7) is 12.7. The van der Waals surface area contributed by atoms with E-state index in [0.717, 1.165) is 5.92 Å². The number of likely N-dealkylation sites (tertiary alicyclic amines) is 1. The van der Waals surface area contributed by atoms with Gasteiger partial charge >= 0.3 is 0 Å². The predicted octanol–water partition coefficient (Wildman–Crippen LogP) is 2.70. The molecule has 2 aliphatic rings. The van der Waals surface area contributed by atoms with E-state index >= 15 is 0 Å². The van der Waals surface area contributed by atoms with E-state index in [9.17, 15) is 0 Å². The van der Waals surface area contributed by atoms with E-state index in [0.29, 0.717) is 10.8 Å². The molecule has 0 radical (unpaired) electrons. The number of hydrogen-bond donors (Lipinski definition) is 0. The lowest BCUT2D eigenvalue weighted by Gasteiger charge is -2.50. The van der Waals surface area contributed by atoms with Crippen LogP contribution in [0.1, 0.15) is 40.0 Å². The fourth-order valence-corrected chi connectivity index (χ4v) is 3.92. The fraction of sp³-hybridized carbons (Fsp3) is 1.00. The van der Waals surface area contributed by atoms with Crippen molar-refractivity contribution >= 4 is 0 Å². The van der Waals surface area contributed by atoms with Crippen LogP contribution < -0.4 is 0 Å². The van der Waals surface area contributed by atoms with Crippen molar-refractivity contribution < 1.29 is 0 Å². The molecule has 0 unspecified atom stereocenters. The van der Waals surface area contributed by atoms with E-state index in [4.69, 9.17) is 0 Å². The second kappa shape index (κ2) is 4.55. The minimum Gasteiger partial charge on any atom is -0.309 e. The zero-order valence-electron chi connectivity index (χ0n) is 12.4. The van der Waals surface area contributed by atoms with Gasteiger partial charge in [0.05, 0.1) is 0 Å². The molecule has 2 fully saturated rings. The molecular formula is C15H30N2. The summed E-state index contributed by atoms with van der Waals surface area (Å²) in [4.78, 5) is 5.02. The van der Waals surface area contributed by atoms with E-state index in [2.05, 4.69) is 44.7 Å². The van der Waals surface area contributed by atoms with Gasteiger partial charge in [0, 0.05) is 13.1 Å². The molecule has 1 aliphatic carbocycles. The first-order chi connectivity index (χ1) is 7.85. The molecule has 2 heteroatoms. The van der Waals surface area contributed by atoms with E-state index < -0.39 is 0 Å². The highest BCUT2D eigenvalue weighted by Crippen LogP contribution is 2.58. The summed E-state index contributed by atoms with van der Waals surface area (Å²) in [6.07, 6.45) is 4.21. The minimum absolute atomic E-state index is 0.561. The lowest BCUT2D eigenvalue weighted by atomic mass is 9.63. The second-order valence-corrected chi connectivity index (χ2v) is 7.41. The molecule has 100 valence electrons. The maximum absolute atomic E-state index is 2.73. The molecule has 1 heterocycles. The highest BCUT2D eigenvalue weighted by atomic mass is 15.2. The molecule has 0 aromatic rings. The van der Waals surface area contributed by atoms with Gasteiger partial charge in [-0.05, 0) is 63.2 Å². The summed E-state index contributed by atoms with van der Waals surface area (Å²) in [6, 6.07) is 0. The van der Waals surface area contributed by atoms with Gasteiger partial charge < -0.3 is 9.80 Å². The SMILES string of the molecule is CN(C)CCCN1C[C@H]2CC[C@@](C)(C1)C2(C)C. The van der Waals surface area contributed by atoms with Crippen LogP contribution in [0.25, 0.3) is 0 Å². The lowest BCUT2D eigenvalue weighted by molar-refractivity contribution is -0.0182. The molecule has 1 aliphatic heterocycles. The van der Waals surface area contributed by atoms with Gasteiger partial charge in [-0.3, -0.25) is 0 Å². The molecular weight excluding hydrogens is 208 g/mol. The van der Waals surface area contributed by atoms with Gasteiger partial charge in [-0.2, -0.15) is 0 Å². The van der Waals surface area contributed by atoms with Crippen molar-refractivity contribution in [2.45, 2.75) is 40.0 Å². The summed E-state index contributed by atoms with van der Waals surface area (Å²) in [5, 5.41) is 0. The molecule has 1 saturated carbocycles. The molecule has 2 bridgehead atoms. The van der Waals surface area contributed by atoms with Crippen molar-refractivity contribution in [3.05, 3.63) is 0 Å². The molecule has 17 heavy (non-hydrogen) atoms. The number of nitrogens with zero attached hydrogens (tertiary/aromatic N) is 2. The minimum atomic E-state index is 0.561. The lowest BCUT2D eigenvalue weighted by Crippen LogP contribution is -2.52. The molecule has 2 nitrogen and oxygen atoms in total. The largest absolute Gasteiger partial charge is 0.309 e. The first-order valence-corrected chi connectivity index (χ1v) is 7.22. The van der Waals surface area contributed by atoms with Crippen LogP contribution >= 0.6 is 0 Å². The zero-order valence-corrected chi connectivity index (χ0v) is 12.4. The zero-order chi connectivity index (χ0) is 12.7. The third kappa shape index (κ3) is 2.39. The second-order valence-electron chi connectivity index (χ2n) is 7.41. The van der Waals surface area contributed by atoms with Gasteiger partial charge in [-0.25, -0.2) is 0 Å². The number of piperidine rings is 1. The Kier molecular flexibility index (Phi) is 3.57. The van der Waals surface area contributed by atoms with E-state index in [-0.39, 0.29) is 0 Å². The predicted molar refractivity (Wildman–Crippen MR) is 74.2 cm³/mol. The highest BCUT2D eigenvalue weighted by molar-refractivity contribution is 5.05. The Morgan fingerprint density at radius 2 is 1.94 bits per heavy atom. The maximum atomic E-state index is 2.73. The molecule has 0 aromatic carbocycles. The normalized spacial score (nSPS) is 36.7. The number of hydrogen-bond acceptors (Lipinski definition) is 2. The maximum Gasteiger partial charge on any atom is 0.00407 e. The molecule has 0 N–H and O–H groups in total. The quantitative estimate of drug-likeness (QED) is 0.743. The Morgan fingerprint density at radius 3 is 2.53 bits per heavy atom. The molecule has 0 spiro atoms. The fourth-order valence-electron chi connectivity index (χ4n) is 3.92. The summed E-state index contributed by atoms with van der Waals surface area (Å²) >= 11 is 0. The number of rotatable bonds is 4. The monoisotopic (exact) mass is 238 g/mol. The highest BCUT2D eigenvalue weighted by Gasteiger charge is 2.54. The Bertz CT molecular complexity index is 272. The van der Waals surface area contributed by atoms with Gasteiger partial charge in [0.1, 0.15) is 0 Å². The molecule has 2 atom stereocenters.